The Balaban J connectivity index is 0.00000298. The number of nitrogens with zero attached hydrogens (tertiary/aromatic N) is 3. The third kappa shape index (κ3) is 9.84. The van der Waals surface area contributed by atoms with Crippen molar-refractivity contribution >= 4 is 16.9 Å². The third-order valence-corrected chi connectivity index (χ3v) is 7.90. The maximum atomic E-state index is 13.3. The molecule has 0 aliphatic carbocycles. The predicted octanol–water partition coefficient (Wildman–Crippen LogP) is 5.97. The van der Waals surface area contributed by atoms with Gasteiger partial charge in [0, 0.05) is 38.1 Å². The Morgan fingerprint density at radius 1 is 1.17 bits per heavy atom. The summed E-state index contributed by atoms with van der Waals surface area (Å²) in [5, 5.41) is 0. The van der Waals surface area contributed by atoms with Gasteiger partial charge < -0.3 is 9.80 Å². The summed E-state index contributed by atoms with van der Waals surface area (Å²) in [6.07, 6.45) is -0.360. The molecule has 1 aromatic rings. The van der Waals surface area contributed by atoms with Crippen molar-refractivity contribution < 1.29 is 22.2 Å². The van der Waals surface area contributed by atoms with Crippen LogP contribution in [0, 0.1) is 0 Å². The van der Waals surface area contributed by atoms with E-state index in [0.717, 1.165) is 64.0 Å². The van der Waals surface area contributed by atoms with Gasteiger partial charge in [0.15, 0.2) is 0 Å². The van der Waals surface area contributed by atoms with Crippen LogP contribution in [-0.2, 0) is 22.0 Å². The van der Waals surface area contributed by atoms with E-state index in [1.807, 2.05) is 43.8 Å². The molecule has 0 spiro atoms. The number of carbonyl (C=O) groups excluding carboxylic acids is 1. The minimum atomic E-state index is -4.46. The number of amides is 1. The van der Waals surface area contributed by atoms with Gasteiger partial charge in [-0.1, -0.05) is 33.3 Å². The van der Waals surface area contributed by atoms with Crippen LogP contribution >= 0.6 is 0 Å². The molecule has 1 atom stereocenters. The maximum absolute atomic E-state index is 13.3. The summed E-state index contributed by atoms with van der Waals surface area (Å²) in [6, 6.07) is 4.75. The average molecular weight is 520 g/mol. The first kappa shape index (κ1) is 31.6. The van der Waals surface area contributed by atoms with E-state index in [4.69, 9.17) is 0 Å². The van der Waals surface area contributed by atoms with E-state index in [1.165, 1.54) is 12.1 Å². The lowest BCUT2D eigenvalue weighted by molar-refractivity contribution is -0.137. The number of likely N-dealkylation sites (tertiary alicyclic amines) is 1. The smallest absolute Gasteiger partial charge is 0.343 e. The van der Waals surface area contributed by atoms with Gasteiger partial charge in [0.1, 0.15) is 11.0 Å². The molecule has 202 valence electrons. The molecular formula is C26H44F3N3O2S. The highest BCUT2D eigenvalue weighted by Crippen LogP contribution is 2.31. The zero-order chi connectivity index (χ0) is 26.6. The van der Waals surface area contributed by atoms with E-state index in [2.05, 4.69) is 11.8 Å². The minimum absolute atomic E-state index is 0.0176. The summed E-state index contributed by atoms with van der Waals surface area (Å²) in [4.78, 5) is 16.8. The molecular weight excluding hydrogens is 475 g/mol. The van der Waals surface area contributed by atoms with Crippen molar-refractivity contribution in [2.45, 2.75) is 96.8 Å². The van der Waals surface area contributed by atoms with E-state index in [0.29, 0.717) is 13.0 Å². The van der Waals surface area contributed by atoms with Crippen LogP contribution in [0.15, 0.2) is 29.2 Å². The molecule has 0 bridgehead atoms. The number of rotatable bonds is 11. The first-order valence-corrected chi connectivity index (χ1v) is 14.1. The van der Waals surface area contributed by atoms with Gasteiger partial charge in [0.05, 0.1) is 10.5 Å². The van der Waals surface area contributed by atoms with Crippen LogP contribution < -0.4 is 0 Å². The van der Waals surface area contributed by atoms with E-state index in [-0.39, 0.29) is 22.9 Å². The van der Waals surface area contributed by atoms with E-state index < -0.39 is 22.7 Å². The Hall–Kier alpha value is -1.45. The number of halogens is 3. The first-order chi connectivity index (χ1) is 16.6. The average Bonchev–Trinajstić information content (AvgIpc) is 2.84. The fraction of sp³-hybridized carbons (Fsp3) is 0.731. The summed E-state index contributed by atoms with van der Waals surface area (Å²) in [7, 11) is -1.67. The molecule has 1 saturated heterocycles. The lowest BCUT2D eigenvalue weighted by Crippen LogP contribution is -2.48. The summed E-state index contributed by atoms with van der Waals surface area (Å²) >= 11 is 0. The van der Waals surface area contributed by atoms with E-state index >= 15 is 0 Å². The normalized spacial score (nSPS) is 16.2. The topological polar surface area (TPSA) is 43.9 Å². The fourth-order valence-corrected chi connectivity index (χ4v) is 5.80. The molecule has 1 heterocycles. The minimum Gasteiger partial charge on any atom is -0.343 e. The Morgan fingerprint density at radius 2 is 1.80 bits per heavy atom. The predicted molar refractivity (Wildman–Crippen MR) is 137 cm³/mol. The summed E-state index contributed by atoms with van der Waals surface area (Å²) in [6.45, 7) is 15.8. The van der Waals surface area contributed by atoms with Gasteiger partial charge in [-0.05, 0) is 71.3 Å². The number of alkyl halides is 3. The molecule has 35 heavy (non-hydrogen) atoms. The largest absolute Gasteiger partial charge is 0.416 e. The van der Waals surface area contributed by atoms with Crippen LogP contribution in [0.4, 0.5) is 13.2 Å². The molecule has 1 aliphatic heterocycles. The summed E-state index contributed by atoms with van der Waals surface area (Å²) in [5.74, 6) is 0.183. The number of hydrogen-bond acceptors (Lipinski definition) is 3. The number of unbranched alkanes of at least 4 members (excludes halogenated alkanes) is 1. The first-order valence-electron chi connectivity index (χ1n) is 13.0. The Labute approximate surface area is 212 Å². The molecule has 5 nitrogen and oxygen atoms in total. The fourth-order valence-electron chi connectivity index (χ4n) is 4.27. The van der Waals surface area contributed by atoms with Gasteiger partial charge in [0.2, 0.25) is 5.91 Å². The van der Waals surface area contributed by atoms with Gasteiger partial charge >= 0.3 is 6.18 Å². The van der Waals surface area contributed by atoms with Crippen LogP contribution in [0.3, 0.4) is 0 Å². The molecule has 2 rings (SSSR count). The van der Waals surface area contributed by atoms with Crippen molar-refractivity contribution in [2.24, 2.45) is 0 Å². The molecule has 1 fully saturated rings. The van der Waals surface area contributed by atoms with Crippen molar-refractivity contribution in [3.05, 3.63) is 29.8 Å². The maximum Gasteiger partial charge on any atom is 0.416 e. The zero-order valence-corrected chi connectivity index (χ0v) is 23.1. The number of piperidine rings is 1. The molecule has 1 aromatic carbocycles. The van der Waals surface area contributed by atoms with Crippen molar-refractivity contribution in [3.8, 4) is 0 Å². The second-order valence-electron chi connectivity index (χ2n) is 8.88. The van der Waals surface area contributed by atoms with Crippen LogP contribution in [0.25, 0.3) is 0 Å². The van der Waals surface area contributed by atoms with Gasteiger partial charge in [-0.25, -0.2) is 8.51 Å². The number of benzene rings is 1. The van der Waals surface area contributed by atoms with Gasteiger partial charge in [-0.3, -0.25) is 4.79 Å². The third-order valence-electron chi connectivity index (χ3n) is 6.14. The highest BCUT2D eigenvalue weighted by Gasteiger charge is 2.34. The molecule has 9 heteroatoms. The zero-order valence-electron chi connectivity index (χ0n) is 22.2. The van der Waals surface area contributed by atoms with Crippen LogP contribution in [0.1, 0.15) is 79.2 Å². The van der Waals surface area contributed by atoms with Crippen LogP contribution in [0.5, 0.6) is 0 Å². The lowest BCUT2D eigenvalue weighted by Gasteiger charge is -2.39. The highest BCUT2D eigenvalue weighted by atomic mass is 32.2. The second-order valence-corrected chi connectivity index (χ2v) is 10.3. The number of hydrogen-bond donors (Lipinski definition) is 0. The van der Waals surface area contributed by atoms with Crippen LogP contribution in [-0.4, -0.2) is 69.0 Å². The molecule has 0 N–H and O–H groups in total. The molecule has 1 aliphatic rings. The molecule has 1 unspecified atom stereocenters. The molecule has 0 aromatic heterocycles. The Bertz CT molecular complexity index is 781. The lowest BCUT2D eigenvalue weighted by atomic mass is 10.0. The van der Waals surface area contributed by atoms with E-state index in [1.54, 1.807) is 0 Å². The Kier molecular flexibility index (Phi) is 14.1. The molecule has 0 radical (unpaired) electrons. The van der Waals surface area contributed by atoms with Crippen molar-refractivity contribution in [1.82, 2.24) is 14.1 Å². The van der Waals surface area contributed by atoms with E-state index in [9.17, 15) is 22.2 Å². The number of carbonyl (C=O) groups is 1. The van der Waals surface area contributed by atoms with Crippen LogP contribution in [0.2, 0.25) is 0 Å². The van der Waals surface area contributed by atoms with Gasteiger partial charge in [0.25, 0.3) is 0 Å². The van der Waals surface area contributed by atoms with Crippen molar-refractivity contribution in [2.75, 3.05) is 32.7 Å². The summed E-state index contributed by atoms with van der Waals surface area (Å²) < 4.78 is 54.4. The van der Waals surface area contributed by atoms with Gasteiger partial charge in [-0.2, -0.15) is 13.2 Å². The quantitative estimate of drug-likeness (QED) is 0.362. The van der Waals surface area contributed by atoms with Gasteiger partial charge in [-0.15, -0.1) is 0 Å². The molecule has 1 amide bonds. The van der Waals surface area contributed by atoms with Crippen molar-refractivity contribution in [3.63, 3.8) is 0 Å². The van der Waals surface area contributed by atoms with Crippen molar-refractivity contribution in [1.29, 1.82) is 0 Å². The highest BCUT2D eigenvalue weighted by molar-refractivity contribution is 7.82. The monoisotopic (exact) mass is 519 g/mol. The molecule has 0 saturated carbocycles. The standard InChI is InChI=1S/C24H38F3N3O2S.C2H6/c1-5-7-14-29(6-2)23(31)13-17-28-15-11-21(12-16-28)30(19(3)4)33(32)22-10-8-9-20(18-22)24(25,26)27;1-2/h8-10,18-19,21H,5-7,11-17H2,1-4H3;1-2H3. The SMILES string of the molecule is CC.CCCCN(CC)C(=O)CCN1CCC(N(C(C)C)S(=O)c2cccc(C(F)(F)F)c2)CC1. The summed E-state index contributed by atoms with van der Waals surface area (Å²) in [5.41, 5.74) is -0.781. The second kappa shape index (κ2) is 15.6. The Morgan fingerprint density at radius 3 is 2.31 bits per heavy atom.